The first-order chi connectivity index (χ1) is 16.5. The first-order valence-electron chi connectivity index (χ1n) is 11.7. The number of phenols is 1. The van der Waals surface area contributed by atoms with Crippen LogP contribution in [0.4, 0.5) is 4.79 Å². The maximum Gasteiger partial charge on any atom is 0.421 e. The van der Waals surface area contributed by atoms with Gasteiger partial charge in [-0.05, 0) is 89.3 Å². The van der Waals surface area contributed by atoms with Crippen LogP contribution >= 0.6 is 11.6 Å². The molecule has 0 saturated heterocycles. The summed E-state index contributed by atoms with van der Waals surface area (Å²) in [6, 6.07) is 14.0. The molecule has 0 bridgehead atoms. The number of phenolic OH excluding ortho intramolecular Hbond substituents is 1. The number of aromatic hydroxyl groups is 1. The van der Waals surface area contributed by atoms with Gasteiger partial charge in [0, 0.05) is 10.6 Å². The normalized spacial score (nSPS) is 14.6. The molecule has 7 heteroatoms. The highest BCUT2D eigenvalue weighted by molar-refractivity contribution is 6.31. The molecule has 1 amide bonds. The molecule has 1 aliphatic carbocycles. The third-order valence-corrected chi connectivity index (χ3v) is 5.84. The van der Waals surface area contributed by atoms with Gasteiger partial charge >= 0.3 is 6.09 Å². The maximum atomic E-state index is 13.6. The second-order valence-corrected chi connectivity index (χ2v) is 10.0. The number of hydrogen-bond acceptors (Lipinski definition) is 5. The van der Waals surface area contributed by atoms with Crippen LogP contribution < -0.4 is 0 Å². The van der Waals surface area contributed by atoms with Gasteiger partial charge in [0.05, 0.1) is 11.4 Å². The molecule has 2 aromatic rings. The summed E-state index contributed by atoms with van der Waals surface area (Å²) in [5, 5.41) is 18.8. The summed E-state index contributed by atoms with van der Waals surface area (Å²) in [6.45, 7) is 8.89. The zero-order chi connectivity index (χ0) is 25.8. The molecule has 0 radical (unpaired) electrons. The van der Waals surface area contributed by atoms with E-state index < -0.39 is 17.8 Å². The standard InChI is InChI=1S/C28H33ClN2O4/c1-18(30)25(17-20-13-15-22(32)16-14-20)31(27(33)35-28(3,4)5)26(21-9-8-10-21)34-19(2)23-11-6-7-12-24(23)29/h6-7,11-17,19,30,32H,8-10H2,1-5H3/b25-17-,30-18?. The van der Waals surface area contributed by atoms with E-state index in [1.165, 1.54) is 4.90 Å². The Morgan fingerprint density at radius 2 is 1.77 bits per heavy atom. The fourth-order valence-corrected chi connectivity index (χ4v) is 3.85. The summed E-state index contributed by atoms with van der Waals surface area (Å²) < 4.78 is 12.2. The van der Waals surface area contributed by atoms with Gasteiger partial charge in [0.15, 0.2) is 0 Å². The Labute approximate surface area is 212 Å². The number of amides is 1. The van der Waals surface area contributed by atoms with Gasteiger partial charge in [-0.2, -0.15) is 0 Å². The molecule has 0 heterocycles. The Bertz CT molecular complexity index is 1140. The molecule has 2 N–H and O–H groups in total. The van der Waals surface area contributed by atoms with Crippen LogP contribution in [-0.4, -0.2) is 27.4 Å². The monoisotopic (exact) mass is 496 g/mol. The molecule has 186 valence electrons. The van der Waals surface area contributed by atoms with Crippen LogP contribution in [-0.2, 0) is 9.47 Å². The van der Waals surface area contributed by atoms with Gasteiger partial charge in [0.25, 0.3) is 0 Å². The molecule has 0 aliphatic heterocycles. The molecule has 0 aromatic heterocycles. The third kappa shape index (κ3) is 6.89. The first-order valence-corrected chi connectivity index (χ1v) is 12.1. The predicted molar refractivity (Wildman–Crippen MR) is 139 cm³/mol. The summed E-state index contributed by atoms with van der Waals surface area (Å²) in [4.78, 5) is 15.0. The largest absolute Gasteiger partial charge is 0.508 e. The Balaban J connectivity index is 2.12. The first kappa shape index (κ1) is 26.4. The molecule has 1 fully saturated rings. The van der Waals surface area contributed by atoms with Crippen molar-refractivity contribution in [1.29, 1.82) is 5.41 Å². The van der Waals surface area contributed by atoms with E-state index in [1.807, 2.05) is 25.1 Å². The van der Waals surface area contributed by atoms with Crippen LogP contribution in [0.25, 0.3) is 6.08 Å². The van der Waals surface area contributed by atoms with E-state index in [-0.39, 0.29) is 11.5 Å². The molecule has 35 heavy (non-hydrogen) atoms. The van der Waals surface area contributed by atoms with Crippen molar-refractivity contribution in [3.05, 3.63) is 81.8 Å². The third-order valence-electron chi connectivity index (χ3n) is 5.49. The summed E-state index contributed by atoms with van der Waals surface area (Å²) in [5.41, 5.74) is 2.23. The van der Waals surface area contributed by atoms with Crippen LogP contribution in [0.5, 0.6) is 5.75 Å². The fourth-order valence-electron chi connectivity index (χ4n) is 3.56. The molecule has 6 nitrogen and oxygen atoms in total. The SMILES string of the molecule is CC(=N)/C(=C/c1ccc(O)cc1)N(C(=O)OC(C)(C)C)C(OC(C)c1ccccc1Cl)=C1CCC1. The number of nitrogens with zero attached hydrogens (tertiary/aromatic N) is 1. The van der Waals surface area contributed by atoms with Crippen LogP contribution in [0, 0.1) is 5.41 Å². The lowest BCUT2D eigenvalue weighted by Crippen LogP contribution is -2.39. The molecular weight excluding hydrogens is 464 g/mol. The van der Waals surface area contributed by atoms with Gasteiger partial charge < -0.3 is 20.0 Å². The Kier molecular flexibility index (Phi) is 8.28. The smallest absolute Gasteiger partial charge is 0.421 e. The molecule has 2 aromatic carbocycles. The van der Waals surface area contributed by atoms with Gasteiger partial charge in [0.1, 0.15) is 17.5 Å². The zero-order valence-corrected chi connectivity index (χ0v) is 21.6. The Hall–Kier alpha value is -3.25. The summed E-state index contributed by atoms with van der Waals surface area (Å²) >= 11 is 6.43. The second kappa shape index (κ2) is 11.0. The number of carbonyl (C=O) groups excluding carboxylic acids is 1. The van der Waals surface area contributed by atoms with Crippen LogP contribution in [0.1, 0.15) is 71.1 Å². The maximum absolute atomic E-state index is 13.6. The van der Waals surface area contributed by atoms with Crippen molar-refractivity contribution < 1.29 is 19.4 Å². The van der Waals surface area contributed by atoms with Crippen LogP contribution in [0.3, 0.4) is 0 Å². The van der Waals surface area contributed by atoms with E-state index in [0.717, 1.165) is 36.0 Å². The lowest BCUT2D eigenvalue weighted by atomic mass is 9.92. The predicted octanol–water partition coefficient (Wildman–Crippen LogP) is 7.84. The average molecular weight is 497 g/mol. The number of rotatable bonds is 7. The summed E-state index contributed by atoms with van der Waals surface area (Å²) in [7, 11) is 0. The van der Waals surface area contributed by atoms with E-state index in [0.29, 0.717) is 16.6 Å². The summed E-state index contributed by atoms with van der Waals surface area (Å²) in [5.74, 6) is 0.503. The number of allylic oxidation sites excluding steroid dienone is 2. The van der Waals surface area contributed by atoms with Crippen molar-refractivity contribution in [3.63, 3.8) is 0 Å². The minimum Gasteiger partial charge on any atom is -0.508 e. The van der Waals surface area contributed by atoms with Gasteiger partial charge in [-0.3, -0.25) is 0 Å². The molecule has 0 spiro atoms. The average Bonchev–Trinajstić information content (AvgIpc) is 2.72. The second-order valence-electron chi connectivity index (χ2n) is 9.61. The number of ether oxygens (including phenoxy) is 2. The van der Waals surface area contributed by atoms with Crippen molar-refractivity contribution in [2.45, 2.75) is 65.6 Å². The van der Waals surface area contributed by atoms with Gasteiger partial charge in [0.2, 0.25) is 5.88 Å². The highest BCUT2D eigenvalue weighted by Crippen LogP contribution is 2.37. The molecule has 1 aliphatic rings. The fraction of sp³-hybridized carbons (Fsp3) is 0.357. The van der Waals surface area contributed by atoms with Gasteiger partial charge in [-0.25, -0.2) is 9.69 Å². The molecule has 1 atom stereocenters. The topological polar surface area (TPSA) is 82.9 Å². The van der Waals surface area contributed by atoms with E-state index in [9.17, 15) is 9.90 Å². The van der Waals surface area contributed by atoms with Crippen molar-refractivity contribution in [2.75, 3.05) is 0 Å². The number of carbonyl (C=O) groups is 1. The molecular formula is C28H33ClN2O4. The number of benzene rings is 2. The zero-order valence-electron chi connectivity index (χ0n) is 20.9. The lowest BCUT2D eigenvalue weighted by Gasteiger charge is -2.35. The van der Waals surface area contributed by atoms with Crippen molar-refractivity contribution in [2.24, 2.45) is 0 Å². The van der Waals surface area contributed by atoms with E-state index >= 15 is 0 Å². The highest BCUT2D eigenvalue weighted by Gasteiger charge is 2.34. The van der Waals surface area contributed by atoms with Crippen LogP contribution in [0.15, 0.2) is 65.7 Å². The summed E-state index contributed by atoms with van der Waals surface area (Å²) in [6.07, 6.45) is 3.20. The van der Waals surface area contributed by atoms with Gasteiger partial charge in [-0.1, -0.05) is 41.9 Å². The van der Waals surface area contributed by atoms with Gasteiger partial charge in [-0.15, -0.1) is 0 Å². The van der Waals surface area contributed by atoms with Crippen molar-refractivity contribution in [3.8, 4) is 5.75 Å². The van der Waals surface area contributed by atoms with E-state index in [2.05, 4.69) is 0 Å². The highest BCUT2D eigenvalue weighted by atomic mass is 35.5. The van der Waals surface area contributed by atoms with E-state index in [4.69, 9.17) is 26.5 Å². The number of halogens is 1. The Morgan fingerprint density at radius 3 is 2.29 bits per heavy atom. The van der Waals surface area contributed by atoms with Crippen molar-refractivity contribution in [1.82, 2.24) is 4.90 Å². The minimum atomic E-state index is -0.751. The van der Waals surface area contributed by atoms with Crippen molar-refractivity contribution >= 4 is 29.5 Å². The van der Waals surface area contributed by atoms with Crippen LogP contribution in [0.2, 0.25) is 5.02 Å². The molecule has 3 rings (SSSR count). The number of nitrogens with one attached hydrogen (secondary N) is 1. The number of hydrogen-bond donors (Lipinski definition) is 2. The lowest BCUT2D eigenvalue weighted by molar-refractivity contribution is 0.0134. The molecule has 1 unspecified atom stereocenters. The Morgan fingerprint density at radius 1 is 1.14 bits per heavy atom. The quantitative estimate of drug-likeness (QED) is 0.302. The van der Waals surface area contributed by atoms with E-state index in [1.54, 1.807) is 64.1 Å². The minimum absolute atomic E-state index is 0.133. The molecule has 1 saturated carbocycles.